The number of hydrogen-bond acceptors (Lipinski definition) is 9. The predicted molar refractivity (Wildman–Crippen MR) is 132 cm³/mol. The van der Waals surface area contributed by atoms with Gasteiger partial charge in [-0.3, -0.25) is 0 Å². The molecule has 0 aliphatic carbocycles. The Kier molecular flexibility index (Phi) is 8.52. The van der Waals surface area contributed by atoms with Crippen LogP contribution in [0.15, 0.2) is 47.8 Å². The molecule has 1 aromatic carbocycles. The molecular weight excluding hydrogens is 498 g/mol. The van der Waals surface area contributed by atoms with Crippen LogP contribution in [0.4, 0.5) is 0 Å². The number of rotatable bonds is 9. The van der Waals surface area contributed by atoms with Crippen molar-refractivity contribution in [1.29, 1.82) is 0 Å². The van der Waals surface area contributed by atoms with Crippen LogP contribution in [0.5, 0.6) is 0 Å². The summed E-state index contributed by atoms with van der Waals surface area (Å²) in [6.07, 6.45) is -2.41. The normalized spacial score (nSPS) is 24.9. The van der Waals surface area contributed by atoms with Crippen LogP contribution in [0, 0.1) is 0 Å². The molecule has 0 saturated carbocycles. The van der Waals surface area contributed by atoms with Gasteiger partial charge in [-0.1, -0.05) is 23.7 Å². The van der Waals surface area contributed by atoms with Gasteiger partial charge in [0.1, 0.15) is 30.5 Å². The van der Waals surface area contributed by atoms with Gasteiger partial charge in [-0.05, 0) is 39.6 Å². The van der Waals surface area contributed by atoms with Crippen LogP contribution < -0.4 is 0 Å². The molecule has 4 N–H and O–H groups in total. The maximum atomic E-state index is 10.7. The number of aliphatic hydroxyl groups excluding tert-OH is 4. The average Bonchev–Trinajstić information content (AvgIpc) is 3.52. The molecule has 1 fully saturated rings. The number of thiophene rings is 1. The Bertz CT molecular complexity index is 1100. The number of thiazole rings is 1. The standard InChI is InChI=1S/C24H26ClNO6S2/c1-2-4-31-11-15-7-17(25)14(8-20-26-9-19(34-20)13-3-5-33-12-13)6-16(15)24-23(30)22(29)21(28)18(10-27)32-24/h2-3,5-7,9,12,18,21-24,27-30H,1,4,8,10-11H2/t18-,21-,22+,23-,24+/m1/s1. The molecule has 0 bridgehead atoms. The molecule has 1 saturated heterocycles. The third kappa shape index (κ3) is 5.43. The van der Waals surface area contributed by atoms with E-state index in [9.17, 15) is 20.4 Å². The Morgan fingerprint density at radius 2 is 2.00 bits per heavy atom. The molecule has 5 atom stereocenters. The molecule has 1 aliphatic rings. The SMILES string of the molecule is C=CCOCc1cc(Cl)c(Cc2ncc(-c3ccsc3)s2)cc1[C@@H]1O[C@H](CO)[C@@H](O)[C@H](O)[C@H]1O. The second kappa shape index (κ2) is 11.4. The van der Waals surface area contributed by atoms with Crippen molar-refractivity contribution in [3.05, 3.63) is 74.5 Å². The van der Waals surface area contributed by atoms with Gasteiger partial charge in [0, 0.05) is 23.2 Å². The Balaban J connectivity index is 1.67. The highest BCUT2D eigenvalue weighted by Crippen LogP contribution is 2.38. The molecule has 0 amide bonds. The van der Waals surface area contributed by atoms with Gasteiger partial charge < -0.3 is 29.9 Å². The number of aliphatic hydroxyl groups is 4. The van der Waals surface area contributed by atoms with E-state index in [-0.39, 0.29) is 6.61 Å². The zero-order valence-electron chi connectivity index (χ0n) is 18.2. The average molecular weight is 524 g/mol. The first-order valence-corrected chi connectivity index (χ1v) is 12.8. The van der Waals surface area contributed by atoms with Crippen molar-refractivity contribution in [3.8, 4) is 10.4 Å². The van der Waals surface area contributed by atoms with Crippen LogP contribution >= 0.6 is 34.3 Å². The molecule has 0 unspecified atom stereocenters. The fraction of sp³-hybridized carbons (Fsp3) is 0.375. The number of ether oxygens (including phenoxy) is 2. The lowest BCUT2D eigenvalue weighted by atomic mass is 9.88. The minimum absolute atomic E-state index is 0.177. The van der Waals surface area contributed by atoms with Gasteiger partial charge in [0.25, 0.3) is 0 Å². The number of aromatic nitrogens is 1. The van der Waals surface area contributed by atoms with Crippen LogP contribution in [-0.4, -0.2) is 63.0 Å². The highest BCUT2D eigenvalue weighted by molar-refractivity contribution is 7.15. The second-order valence-electron chi connectivity index (χ2n) is 8.00. The largest absolute Gasteiger partial charge is 0.394 e. The summed E-state index contributed by atoms with van der Waals surface area (Å²) in [7, 11) is 0. The third-order valence-electron chi connectivity index (χ3n) is 5.70. The Morgan fingerprint density at radius 1 is 1.18 bits per heavy atom. The van der Waals surface area contributed by atoms with E-state index in [0.717, 1.165) is 21.0 Å². The predicted octanol–water partition coefficient (Wildman–Crippen LogP) is 3.33. The zero-order chi connectivity index (χ0) is 24.2. The quantitative estimate of drug-likeness (QED) is 0.251. The van der Waals surface area contributed by atoms with Crippen LogP contribution in [0.1, 0.15) is 27.8 Å². The molecule has 182 valence electrons. The van der Waals surface area contributed by atoms with E-state index in [1.54, 1.807) is 34.8 Å². The lowest BCUT2D eigenvalue weighted by Gasteiger charge is -2.41. The summed E-state index contributed by atoms with van der Waals surface area (Å²) < 4.78 is 11.4. The van der Waals surface area contributed by atoms with Gasteiger partial charge >= 0.3 is 0 Å². The first-order chi connectivity index (χ1) is 16.4. The smallest absolute Gasteiger partial charge is 0.113 e. The van der Waals surface area contributed by atoms with Crippen molar-refractivity contribution in [3.63, 3.8) is 0 Å². The Labute approximate surface area is 210 Å². The van der Waals surface area contributed by atoms with Crippen LogP contribution in [0.25, 0.3) is 10.4 Å². The summed E-state index contributed by atoms with van der Waals surface area (Å²) in [5, 5.41) is 46.3. The molecule has 3 aromatic rings. The highest BCUT2D eigenvalue weighted by atomic mass is 35.5. The van der Waals surface area contributed by atoms with E-state index in [1.807, 2.05) is 23.7 Å². The Hall–Kier alpha value is -1.66. The summed E-state index contributed by atoms with van der Waals surface area (Å²) in [5.41, 5.74) is 3.12. The second-order valence-corrected chi connectivity index (χ2v) is 10.3. The maximum absolute atomic E-state index is 10.7. The van der Waals surface area contributed by atoms with Crippen molar-refractivity contribution in [2.45, 2.75) is 43.5 Å². The van der Waals surface area contributed by atoms with Crippen molar-refractivity contribution in [2.24, 2.45) is 0 Å². The Morgan fingerprint density at radius 3 is 2.71 bits per heavy atom. The molecule has 34 heavy (non-hydrogen) atoms. The molecule has 4 rings (SSSR count). The molecule has 10 heteroatoms. The molecule has 7 nitrogen and oxygen atoms in total. The van der Waals surface area contributed by atoms with Crippen molar-refractivity contribution < 1.29 is 29.9 Å². The first-order valence-electron chi connectivity index (χ1n) is 10.7. The number of hydrogen-bond donors (Lipinski definition) is 4. The molecule has 0 radical (unpaired) electrons. The fourth-order valence-corrected chi connectivity index (χ4v) is 5.83. The van der Waals surface area contributed by atoms with Gasteiger partial charge in [-0.25, -0.2) is 4.98 Å². The number of benzene rings is 1. The van der Waals surface area contributed by atoms with Gasteiger partial charge in [0.05, 0.1) is 29.7 Å². The summed E-state index contributed by atoms with van der Waals surface area (Å²) in [6, 6.07) is 5.61. The lowest BCUT2D eigenvalue weighted by Crippen LogP contribution is -2.55. The van der Waals surface area contributed by atoms with E-state index in [2.05, 4.69) is 16.9 Å². The van der Waals surface area contributed by atoms with Crippen molar-refractivity contribution >= 4 is 34.3 Å². The number of halogens is 1. The summed E-state index contributed by atoms with van der Waals surface area (Å²) >= 11 is 9.83. The summed E-state index contributed by atoms with van der Waals surface area (Å²) in [4.78, 5) is 5.60. The maximum Gasteiger partial charge on any atom is 0.113 e. The first kappa shape index (κ1) is 25.4. The van der Waals surface area contributed by atoms with Gasteiger partial charge in [-0.15, -0.1) is 17.9 Å². The van der Waals surface area contributed by atoms with E-state index in [0.29, 0.717) is 29.2 Å². The van der Waals surface area contributed by atoms with E-state index in [1.165, 1.54) is 0 Å². The van der Waals surface area contributed by atoms with E-state index >= 15 is 0 Å². The zero-order valence-corrected chi connectivity index (χ0v) is 20.6. The van der Waals surface area contributed by atoms with E-state index in [4.69, 9.17) is 21.1 Å². The fourth-order valence-electron chi connectivity index (χ4n) is 3.91. The van der Waals surface area contributed by atoms with Gasteiger partial charge in [0.2, 0.25) is 0 Å². The highest BCUT2D eigenvalue weighted by Gasteiger charge is 2.44. The molecule has 1 aliphatic heterocycles. The monoisotopic (exact) mass is 523 g/mol. The van der Waals surface area contributed by atoms with Crippen LogP contribution in [-0.2, 0) is 22.5 Å². The topological polar surface area (TPSA) is 112 Å². The van der Waals surface area contributed by atoms with Crippen LogP contribution in [0.3, 0.4) is 0 Å². The number of nitrogens with zero attached hydrogens (tertiary/aromatic N) is 1. The van der Waals surface area contributed by atoms with Crippen molar-refractivity contribution in [2.75, 3.05) is 13.2 Å². The van der Waals surface area contributed by atoms with Crippen molar-refractivity contribution in [1.82, 2.24) is 4.98 Å². The molecular formula is C24H26ClNO6S2. The summed E-state index contributed by atoms with van der Waals surface area (Å²) in [5.74, 6) is 0. The minimum atomic E-state index is -1.48. The van der Waals surface area contributed by atoms with E-state index < -0.39 is 37.1 Å². The van der Waals surface area contributed by atoms with Crippen LogP contribution in [0.2, 0.25) is 5.02 Å². The molecule has 3 heterocycles. The van der Waals surface area contributed by atoms with Gasteiger partial charge in [0.15, 0.2) is 0 Å². The summed E-state index contributed by atoms with van der Waals surface area (Å²) in [6.45, 7) is 3.63. The minimum Gasteiger partial charge on any atom is -0.394 e. The third-order valence-corrected chi connectivity index (χ3v) is 7.78. The molecule has 2 aromatic heterocycles. The lowest BCUT2D eigenvalue weighted by molar-refractivity contribution is -0.232. The molecule has 0 spiro atoms. The van der Waals surface area contributed by atoms with Gasteiger partial charge in [-0.2, -0.15) is 11.3 Å².